The molecule has 3 heteroatoms. The molecule has 1 nitrogen and oxygen atoms in total. The summed E-state index contributed by atoms with van der Waals surface area (Å²) in [5, 5.41) is 0. The van der Waals surface area contributed by atoms with Crippen LogP contribution in [0.1, 0.15) is 13.8 Å². The number of hydrogen-bond donors (Lipinski definition) is 0. The molecule has 0 bridgehead atoms. The Morgan fingerprint density at radius 3 is 1.43 bits per heavy atom. The van der Waals surface area contributed by atoms with Crippen LogP contribution >= 0.6 is 0 Å². The molecule has 0 unspecified atom stereocenters. The molecule has 0 aliphatic carbocycles. The molecule has 0 radical (unpaired) electrons. The quantitative estimate of drug-likeness (QED) is 0.325. The van der Waals surface area contributed by atoms with Crippen molar-refractivity contribution >= 4 is 8.41 Å². The molecule has 0 saturated heterocycles. The summed E-state index contributed by atoms with van der Waals surface area (Å²) in [4.78, 5) is 0. The van der Waals surface area contributed by atoms with E-state index in [0.29, 0.717) is 0 Å². The molecule has 0 spiro atoms. The fourth-order valence-corrected chi connectivity index (χ4v) is 0.204. The number of ether oxygens (including phenoxy) is 1. The third kappa shape index (κ3) is 20.6. The van der Waals surface area contributed by atoms with Crippen molar-refractivity contribution < 1.29 is 23.6 Å². The maximum atomic E-state index is 4.83. The Labute approximate surface area is 59.6 Å². The maximum Gasteiger partial charge on any atom is 1.00 e. The molecular formula is C4H14BLiO. The first kappa shape index (κ1) is 15.6. The van der Waals surface area contributed by atoms with Crippen LogP contribution in [0, 0.1) is 0 Å². The molecule has 0 heterocycles. The standard InChI is InChI=1S/C4H10O.BH4.Li/c1-3-5-4-2;;/h3-4H2,1-2H3;1H4;/q;-1;+1. The fraction of sp³-hybridized carbons (Fsp3) is 1.00. The Hall–Kier alpha value is 0.622. The zero-order chi connectivity index (χ0) is 4.12. The molecule has 0 aliphatic heterocycles. The van der Waals surface area contributed by atoms with Crippen molar-refractivity contribution in [3.05, 3.63) is 0 Å². The SMILES string of the molecule is CCOCC.[BH4-].[Li+]. The predicted molar refractivity (Wildman–Crippen MR) is 33.5 cm³/mol. The van der Waals surface area contributed by atoms with E-state index in [0.717, 1.165) is 13.2 Å². The first-order valence-corrected chi connectivity index (χ1v) is 1.99. The summed E-state index contributed by atoms with van der Waals surface area (Å²) in [6.45, 7) is 5.67. The van der Waals surface area contributed by atoms with Gasteiger partial charge in [0.05, 0.1) is 0 Å². The van der Waals surface area contributed by atoms with Gasteiger partial charge in [-0.15, -0.1) is 0 Å². The van der Waals surface area contributed by atoms with Crippen LogP contribution < -0.4 is 18.9 Å². The van der Waals surface area contributed by atoms with E-state index in [1.54, 1.807) is 0 Å². The van der Waals surface area contributed by atoms with Crippen LogP contribution in [0.15, 0.2) is 0 Å². The summed E-state index contributed by atoms with van der Waals surface area (Å²) >= 11 is 0. The van der Waals surface area contributed by atoms with E-state index < -0.39 is 0 Å². The van der Waals surface area contributed by atoms with Crippen molar-refractivity contribution in [1.29, 1.82) is 0 Å². The predicted octanol–water partition coefficient (Wildman–Crippen LogP) is -3.40. The average molecular weight is 95.9 g/mol. The minimum absolute atomic E-state index is 0. The molecule has 0 saturated carbocycles. The second-order valence-corrected chi connectivity index (χ2v) is 0.781. The third-order valence-electron chi connectivity index (χ3n) is 0.408. The third-order valence-corrected chi connectivity index (χ3v) is 0.408. The van der Waals surface area contributed by atoms with Crippen LogP contribution in [0.5, 0.6) is 0 Å². The molecular weight excluding hydrogens is 81.8 g/mol. The zero-order valence-electron chi connectivity index (χ0n) is 4.82. The summed E-state index contributed by atoms with van der Waals surface area (Å²) in [6, 6.07) is 0. The van der Waals surface area contributed by atoms with Gasteiger partial charge in [-0.05, 0) is 13.8 Å². The molecule has 0 fully saturated rings. The summed E-state index contributed by atoms with van der Waals surface area (Å²) in [7, 11) is 0. The van der Waals surface area contributed by atoms with Crippen molar-refractivity contribution in [2.75, 3.05) is 13.2 Å². The molecule has 0 aromatic carbocycles. The first-order chi connectivity index (χ1) is 2.41. The van der Waals surface area contributed by atoms with Gasteiger partial charge in [0.25, 0.3) is 0 Å². The summed E-state index contributed by atoms with van der Waals surface area (Å²) < 4.78 is 4.83. The van der Waals surface area contributed by atoms with Crippen LogP contribution in [0.4, 0.5) is 0 Å². The summed E-state index contributed by atoms with van der Waals surface area (Å²) in [5.74, 6) is 0. The Morgan fingerprint density at radius 1 is 1.14 bits per heavy atom. The fourth-order valence-electron chi connectivity index (χ4n) is 0.204. The first-order valence-electron chi connectivity index (χ1n) is 1.99. The second kappa shape index (κ2) is 16.0. The monoisotopic (exact) mass is 96.1 g/mol. The van der Waals surface area contributed by atoms with E-state index >= 15 is 0 Å². The Balaban J connectivity index is -0.0000000800. The van der Waals surface area contributed by atoms with E-state index in [9.17, 15) is 0 Å². The smallest absolute Gasteiger partial charge is 0.382 e. The van der Waals surface area contributed by atoms with Gasteiger partial charge in [0.1, 0.15) is 0 Å². The molecule has 7 heavy (non-hydrogen) atoms. The summed E-state index contributed by atoms with van der Waals surface area (Å²) in [6.07, 6.45) is 0. The van der Waals surface area contributed by atoms with Crippen LogP contribution in [0.3, 0.4) is 0 Å². The number of rotatable bonds is 2. The van der Waals surface area contributed by atoms with E-state index in [4.69, 9.17) is 4.74 Å². The van der Waals surface area contributed by atoms with Crippen molar-refractivity contribution in [3.8, 4) is 0 Å². The molecule has 0 aromatic heterocycles. The topological polar surface area (TPSA) is 9.23 Å². The van der Waals surface area contributed by atoms with Crippen LogP contribution in [-0.4, -0.2) is 21.6 Å². The average Bonchev–Trinajstić information content (AvgIpc) is 1.41. The van der Waals surface area contributed by atoms with Crippen molar-refractivity contribution in [2.45, 2.75) is 13.8 Å². The van der Waals surface area contributed by atoms with E-state index in [1.165, 1.54) is 0 Å². The molecule has 0 atom stereocenters. The van der Waals surface area contributed by atoms with E-state index in [-0.39, 0.29) is 27.3 Å². The normalized spacial score (nSPS) is 6.00. The van der Waals surface area contributed by atoms with Gasteiger partial charge in [-0.25, -0.2) is 0 Å². The van der Waals surface area contributed by atoms with Crippen LogP contribution in [0.2, 0.25) is 0 Å². The minimum Gasteiger partial charge on any atom is -0.382 e. The van der Waals surface area contributed by atoms with Gasteiger partial charge in [0.15, 0.2) is 0 Å². The van der Waals surface area contributed by atoms with Gasteiger partial charge < -0.3 is 4.74 Å². The second-order valence-electron chi connectivity index (χ2n) is 0.781. The summed E-state index contributed by atoms with van der Waals surface area (Å²) in [5.41, 5.74) is 0. The molecule has 0 rings (SSSR count). The van der Waals surface area contributed by atoms with Gasteiger partial charge in [0, 0.05) is 13.2 Å². The van der Waals surface area contributed by atoms with Crippen molar-refractivity contribution in [1.82, 2.24) is 0 Å². The zero-order valence-corrected chi connectivity index (χ0v) is 4.82. The minimum atomic E-state index is 0. The van der Waals surface area contributed by atoms with Gasteiger partial charge in [0.2, 0.25) is 0 Å². The van der Waals surface area contributed by atoms with E-state index in [2.05, 4.69) is 0 Å². The van der Waals surface area contributed by atoms with Crippen molar-refractivity contribution in [2.24, 2.45) is 0 Å². The molecule has 0 aromatic rings. The Kier molecular flexibility index (Phi) is 35.7. The molecule has 40 valence electrons. The van der Waals surface area contributed by atoms with Crippen molar-refractivity contribution in [3.63, 3.8) is 0 Å². The molecule has 0 N–H and O–H groups in total. The molecule has 0 amide bonds. The van der Waals surface area contributed by atoms with Crippen LogP contribution in [0.25, 0.3) is 0 Å². The van der Waals surface area contributed by atoms with Gasteiger partial charge in [-0.3, -0.25) is 0 Å². The maximum absolute atomic E-state index is 4.83. The van der Waals surface area contributed by atoms with Gasteiger partial charge in [-0.2, -0.15) is 0 Å². The number of hydrogen-bond acceptors (Lipinski definition) is 1. The van der Waals surface area contributed by atoms with Gasteiger partial charge >= 0.3 is 18.9 Å². The van der Waals surface area contributed by atoms with E-state index in [1.807, 2.05) is 13.8 Å². The molecule has 0 aliphatic rings. The van der Waals surface area contributed by atoms with Crippen LogP contribution in [-0.2, 0) is 4.74 Å². The van der Waals surface area contributed by atoms with Gasteiger partial charge in [-0.1, -0.05) is 8.41 Å². The Bertz CT molecular complexity index is 19.2. The Morgan fingerprint density at radius 2 is 1.43 bits per heavy atom. The largest absolute Gasteiger partial charge is 1.00 e.